The first-order valence-electron chi connectivity index (χ1n) is 5.64. The highest BCUT2D eigenvalue weighted by Crippen LogP contribution is 2.43. The van der Waals surface area contributed by atoms with Crippen LogP contribution >= 0.6 is 0 Å². The Balaban J connectivity index is 2.49. The first-order valence-corrected chi connectivity index (χ1v) is 5.64. The van der Waals surface area contributed by atoms with Crippen LogP contribution in [0.15, 0.2) is 23.2 Å². The third-order valence-corrected chi connectivity index (χ3v) is 3.33. The second-order valence-electron chi connectivity index (χ2n) is 4.32. The van der Waals surface area contributed by atoms with Gasteiger partial charge < -0.3 is 4.74 Å². The van der Waals surface area contributed by atoms with Gasteiger partial charge in [0.25, 0.3) is 0 Å². The van der Waals surface area contributed by atoms with Crippen molar-refractivity contribution in [3.05, 3.63) is 29.6 Å². The highest BCUT2D eigenvalue weighted by molar-refractivity contribution is 5.41. The second kappa shape index (κ2) is 4.68. The molecule has 0 atom stereocenters. The van der Waals surface area contributed by atoms with Crippen molar-refractivity contribution in [2.75, 3.05) is 7.11 Å². The number of methoxy groups -OCH3 is 1. The lowest BCUT2D eigenvalue weighted by molar-refractivity contribution is 0.403. The minimum Gasteiger partial charge on any atom is -0.497 e. The van der Waals surface area contributed by atoms with Crippen molar-refractivity contribution in [1.82, 2.24) is 0 Å². The number of halogens is 1. The van der Waals surface area contributed by atoms with E-state index in [2.05, 4.69) is 4.99 Å². The number of aliphatic imine (C=N–C) groups is 1. The SMILES string of the molecule is COc1cc(F)cc(C2(N=C=O)CCCC2)c1. The molecule has 0 heterocycles. The molecule has 1 aromatic rings. The topological polar surface area (TPSA) is 38.7 Å². The largest absolute Gasteiger partial charge is 0.497 e. The van der Waals surface area contributed by atoms with Crippen molar-refractivity contribution in [3.63, 3.8) is 0 Å². The van der Waals surface area contributed by atoms with Gasteiger partial charge in [-0.25, -0.2) is 9.18 Å². The van der Waals surface area contributed by atoms with E-state index in [1.807, 2.05) is 0 Å². The Morgan fingerprint density at radius 1 is 1.35 bits per heavy atom. The molecule has 0 amide bonds. The molecule has 0 unspecified atom stereocenters. The fourth-order valence-corrected chi connectivity index (χ4v) is 2.46. The minimum atomic E-state index is -0.600. The second-order valence-corrected chi connectivity index (χ2v) is 4.32. The molecule has 0 bridgehead atoms. The molecule has 1 aromatic carbocycles. The molecule has 0 radical (unpaired) electrons. The molecule has 0 spiro atoms. The Labute approximate surface area is 99.3 Å². The van der Waals surface area contributed by atoms with E-state index in [0.717, 1.165) is 25.7 Å². The van der Waals surface area contributed by atoms with Crippen LogP contribution in [0.3, 0.4) is 0 Å². The molecule has 1 aliphatic rings. The van der Waals surface area contributed by atoms with Gasteiger partial charge in [-0.1, -0.05) is 12.8 Å². The van der Waals surface area contributed by atoms with E-state index in [-0.39, 0.29) is 5.82 Å². The lowest BCUT2D eigenvalue weighted by Crippen LogP contribution is -2.19. The van der Waals surface area contributed by atoms with Gasteiger partial charge in [0.1, 0.15) is 11.6 Å². The summed E-state index contributed by atoms with van der Waals surface area (Å²) in [4.78, 5) is 14.5. The van der Waals surface area contributed by atoms with Gasteiger partial charge in [-0.3, -0.25) is 0 Å². The first-order chi connectivity index (χ1) is 8.20. The fourth-order valence-electron chi connectivity index (χ4n) is 2.46. The van der Waals surface area contributed by atoms with E-state index in [4.69, 9.17) is 4.74 Å². The highest BCUT2D eigenvalue weighted by atomic mass is 19.1. The Kier molecular flexibility index (Phi) is 3.25. The Bertz CT molecular complexity index is 460. The van der Waals surface area contributed by atoms with Crippen LogP contribution in [-0.4, -0.2) is 13.2 Å². The van der Waals surface area contributed by atoms with E-state index in [0.29, 0.717) is 11.3 Å². The number of hydrogen-bond donors (Lipinski definition) is 0. The predicted octanol–water partition coefficient (Wildman–Crippen LogP) is 2.94. The van der Waals surface area contributed by atoms with E-state index < -0.39 is 5.54 Å². The Hall–Kier alpha value is -1.67. The number of hydrogen-bond acceptors (Lipinski definition) is 3. The van der Waals surface area contributed by atoms with Crippen LogP contribution < -0.4 is 4.74 Å². The van der Waals surface area contributed by atoms with Crippen molar-refractivity contribution >= 4 is 6.08 Å². The molecule has 3 nitrogen and oxygen atoms in total. The summed E-state index contributed by atoms with van der Waals surface area (Å²) in [6.07, 6.45) is 5.12. The van der Waals surface area contributed by atoms with Crippen molar-refractivity contribution in [2.24, 2.45) is 4.99 Å². The van der Waals surface area contributed by atoms with Gasteiger partial charge in [0.05, 0.1) is 12.6 Å². The van der Waals surface area contributed by atoms with Crippen LogP contribution in [0.25, 0.3) is 0 Å². The maximum absolute atomic E-state index is 13.5. The standard InChI is InChI=1S/C13H14FNO2/c1-17-12-7-10(6-11(14)8-12)13(15-9-16)4-2-3-5-13/h6-8H,2-5H2,1H3. The van der Waals surface area contributed by atoms with Gasteiger partial charge in [0.15, 0.2) is 0 Å². The lowest BCUT2D eigenvalue weighted by atomic mass is 9.89. The predicted molar refractivity (Wildman–Crippen MR) is 61.2 cm³/mol. The summed E-state index contributed by atoms with van der Waals surface area (Å²) < 4.78 is 18.5. The van der Waals surface area contributed by atoms with Gasteiger partial charge >= 0.3 is 0 Å². The Morgan fingerprint density at radius 3 is 2.65 bits per heavy atom. The molecule has 1 saturated carbocycles. The van der Waals surface area contributed by atoms with Crippen molar-refractivity contribution in [2.45, 2.75) is 31.2 Å². The van der Waals surface area contributed by atoms with E-state index >= 15 is 0 Å². The fraction of sp³-hybridized carbons (Fsp3) is 0.462. The number of benzene rings is 1. The summed E-state index contributed by atoms with van der Waals surface area (Å²) in [5.41, 5.74) is 0.104. The molecule has 17 heavy (non-hydrogen) atoms. The minimum absolute atomic E-state index is 0.369. The zero-order chi connectivity index (χ0) is 12.3. The molecule has 1 fully saturated rings. The average Bonchev–Trinajstić information content (AvgIpc) is 2.78. The highest BCUT2D eigenvalue weighted by Gasteiger charge is 2.36. The number of isocyanates is 1. The van der Waals surface area contributed by atoms with Crippen LogP contribution in [0.5, 0.6) is 5.75 Å². The molecule has 0 N–H and O–H groups in total. The molecule has 0 aromatic heterocycles. The number of rotatable bonds is 3. The summed E-state index contributed by atoms with van der Waals surface area (Å²) in [5.74, 6) is 0.0825. The molecule has 0 saturated heterocycles. The molecular weight excluding hydrogens is 221 g/mol. The maximum atomic E-state index is 13.5. The van der Waals surface area contributed by atoms with Crippen LogP contribution in [0.2, 0.25) is 0 Å². The van der Waals surface area contributed by atoms with Gasteiger partial charge in [-0.15, -0.1) is 0 Å². The van der Waals surface area contributed by atoms with E-state index in [1.54, 1.807) is 12.1 Å². The Morgan fingerprint density at radius 2 is 2.06 bits per heavy atom. The van der Waals surface area contributed by atoms with Crippen molar-refractivity contribution in [1.29, 1.82) is 0 Å². The quantitative estimate of drug-likeness (QED) is 0.596. The van der Waals surface area contributed by atoms with Crippen LogP contribution in [0, 0.1) is 5.82 Å². The molecule has 90 valence electrons. The van der Waals surface area contributed by atoms with E-state index in [9.17, 15) is 9.18 Å². The van der Waals surface area contributed by atoms with E-state index in [1.165, 1.54) is 19.2 Å². The third kappa shape index (κ3) is 2.22. The summed E-state index contributed by atoms with van der Waals surface area (Å²) >= 11 is 0. The zero-order valence-electron chi connectivity index (χ0n) is 9.70. The lowest BCUT2D eigenvalue weighted by Gasteiger charge is -2.23. The molecular formula is C13H14FNO2. The van der Waals surface area contributed by atoms with Crippen molar-refractivity contribution in [3.8, 4) is 5.75 Å². The smallest absolute Gasteiger partial charge is 0.235 e. The number of nitrogens with zero attached hydrogens (tertiary/aromatic N) is 1. The first kappa shape index (κ1) is 11.8. The summed E-state index contributed by atoms with van der Waals surface area (Å²) in [5, 5.41) is 0. The van der Waals surface area contributed by atoms with Gasteiger partial charge in [-0.05, 0) is 30.5 Å². The van der Waals surface area contributed by atoms with Gasteiger partial charge in [0, 0.05) is 6.07 Å². The number of carbonyl (C=O) groups excluding carboxylic acids is 1. The van der Waals surface area contributed by atoms with Crippen LogP contribution in [0.4, 0.5) is 4.39 Å². The number of ether oxygens (including phenoxy) is 1. The molecule has 4 heteroatoms. The summed E-state index contributed by atoms with van der Waals surface area (Å²) in [6.45, 7) is 0. The summed E-state index contributed by atoms with van der Waals surface area (Å²) in [7, 11) is 1.49. The third-order valence-electron chi connectivity index (χ3n) is 3.33. The summed E-state index contributed by atoms with van der Waals surface area (Å²) in [6, 6.07) is 4.49. The zero-order valence-corrected chi connectivity index (χ0v) is 9.70. The normalized spacial score (nSPS) is 17.5. The molecule has 2 rings (SSSR count). The van der Waals surface area contributed by atoms with Gasteiger partial charge in [0.2, 0.25) is 6.08 Å². The maximum Gasteiger partial charge on any atom is 0.235 e. The monoisotopic (exact) mass is 235 g/mol. The van der Waals surface area contributed by atoms with Gasteiger partial charge in [-0.2, -0.15) is 4.99 Å². The molecule has 1 aliphatic carbocycles. The van der Waals surface area contributed by atoms with Crippen LogP contribution in [0.1, 0.15) is 31.2 Å². The van der Waals surface area contributed by atoms with Crippen molar-refractivity contribution < 1.29 is 13.9 Å². The van der Waals surface area contributed by atoms with Crippen LogP contribution in [-0.2, 0) is 10.3 Å². The average molecular weight is 235 g/mol. The molecule has 0 aliphatic heterocycles.